The van der Waals surface area contributed by atoms with Gasteiger partial charge >= 0.3 is 19.5 Å². The van der Waals surface area contributed by atoms with Gasteiger partial charge in [0.2, 0.25) is 0 Å². The number of ether oxygens (including phenoxy) is 2. The first kappa shape index (κ1) is 32.5. The molecule has 0 radical (unpaired) electrons. The number of esters is 2. The van der Waals surface area contributed by atoms with Gasteiger partial charge in [-0.3, -0.25) is 14.2 Å². The first-order valence-corrected chi connectivity index (χ1v) is 30.1. The van der Waals surface area contributed by atoms with Crippen molar-refractivity contribution in [2.75, 3.05) is 27.4 Å². The highest BCUT2D eigenvalue weighted by atomic mass is 31.2. The Kier molecular flexibility index (Phi) is 3.15. The predicted molar refractivity (Wildman–Crippen MR) is 312 cm³/mol. The molecule has 2 spiro atoms. The number of rotatable bonds is 8. The summed E-state index contributed by atoms with van der Waals surface area (Å²) < 4.78 is 42.9. The van der Waals surface area contributed by atoms with Crippen LogP contribution in [0.4, 0.5) is 0 Å². The second-order valence-corrected chi connectivity index (χ2v) is 29.3. The van der Waals surface area contributed by atoms with Crippen molar-refractivity contribution in [3.05, 3.63) is 33.4 Å². The van der Waals surface area contributed by atoms with Crippen LogP contribution in [-0.4, -0.2) is 45.0 Å². The van der Waals surface area contributed by atoms with Crippen LogP contribution in [0.25, 0.3) is 269 Å². The van der Waals surface area contributed by atoms with E-state index in [0.717, 1.165) is 0 Å². The van der Waals surface area contributed by atoms with Gasteiger partial charge in [-0.1, -0.05) is 0 Å². The number of carbonyl (C=O) groups excluding carboxylic acids is 2. The van der Waals surface area contributed by atoms with E-state index in [1.165, 1.54) is 306 Å². The van der Waals surface area contributed by atoms with Crippen LogP contribution < -0.4 is 0 Å². The van der Waals surface area contributed by atoms with Gasteiger partial charge < -0.3 is 18.5 Å². The summed E-state index contributed by atoms with van der Waals surface area (Å²) in [5.41, 5.74) is 2.15. The molecule has 0 bridgehead atoms. The lowest BCUT2D eigenvalue weighted by Crippen LogP contribution is -2.46. The molecule has 5 atom stereocenters. The van der Waals surface area contributed by atoms with Crippen molar-refractivity contribution in [1.29, 1.82) is 0 Å². The molecular formula is C70H19O7P. The molecule has 8 heteroatoms. The third kappa shape index (κ3) is 1.76. The van der Waals surface area contributed by atoms with Gasteiger partial charge in [-0.15, -0.1) is 0 Å². The molecule has 7 nitrogen and oxygen atoms in total. The maximum atomic E-state index is 17.3. The van der Waals surface area contributed by atoms with Crippen molar-refractivity contribution in [3.63, 3.8) is 0 Å². The smallest absolute Gasteiger partial charge is 0.346 e. The minimum absolute atomic E-state index is 0.0265. The van der Waals surface area contributed by atoms with Crippen molar-refractivity contribution >= 4 is 289 Å². The van der Waals surface area contributed by atoms with E-state index >= 15 is 14.2 Å². The molecule has 0 N–H and O–H groups in total. The van der Waals surface area contributed by atoms with Crippen LogP contribution in [-0.2, 0) is 43.5 Å². The molecule has 1 fully saturated rings. The fraction of sp³-hybridized carbons (Fsp3) is 0.171. The van der Waals surface area contributed by atoms with Crippen molar-refractivity contribution in [2.45, 2.75) is 42.2 Å². The zero-order chi connectivity index (χ0) is 48.5. The average molecular weight is 1000 g/mol. The minimum atomic E-state index is -4.59. The second kappa shape index (κ2) is 7.54. The van der Waals surface area contributed by atoms with Gasteiger partial charge in [0, 0.05) is 22.7 Å². The van der Waals surface area contributed by atoms with Gasteiger partial charge in [0.05, 0.1) is 27.4 Å². The van der Waals surface area contributed by atoms with Gasteiger partial charge in [-0.05, 0) is 317 Å². The molecule has 0 aromatic heterocycles. The number of carbonyl (C=O) groups is 2. The molecule has 346 valence electrons. The van der Waals surface area contributed by atoms with Gasteiger partial charge in [-0.2, -0.15) is 0 Å². The Morgan fingerprint density at radius 1 is 0.346 bits per heavy atom. The van der Waals surface area contributed by atoms with Crippen LogP contribution in [0.5, 0.6) is 0 Å². The Hall–Kier alpha value is -8.19. The third-order valence-corrected chi connectivity index (χ3v) is 29.8. The maximum absolute atomic E-state index is 17.3. The summed E-state index contributed by atoms with van der Waals surface area (Å²) >= 11 is 0. The molecule has 26 aromatic rings. The summed E-state index contributed by atoms with van der Waals surface area (Å²) in [5, 5.41) is 72.7. The first-order chi connectivity index (χ1) is 38.4. The predicted octanol–water partition coefficient (Wildman–Crippen LogP) is 16.8. The van der Waals surface area contributed by atoms with Crippen LogP contribution in [0.1, 0.15) is 59.1 Å². The molecule has 7 aliphatic rings. The van der Waals surface area contributed by atoms with E-state index in [2.05, 4.69) is 0 Å². The summed E-state index contributed by atoms with van der Waals surface area (Å²) in [7, 11) is -1.68. The highest BCUT2D eigenvalue weighted by molar-refractivity contribution is 7.56. The standard InChI is InChI=1S/C70H19O7P/c1-5-76-78(73,77-6-2)65(66(71)74-3)70(67(72)75-4)68-61-53-45-35-25-17-9-7-8-11-15-13(9)21-29-23(15)33-27-19(11)20-12(8)16-14-10(7)18(17)26-32-22(14)30-24(16)34-28(20)38-37(27)47-41(33)51-43(29)49(39(45)31(21)25)57(61)59(51)63-55(47)56-48(38)42(34)52-44(30)50-40(32)46(36(26)35)54(53)62(68)58(50)60(52)64(56)69(63,68)70/h61,64-65H,5-6H2,1-4H3. The largest absolute Gasteiger partial charge is 0.469 e. The molecule has 7 aliphatic carbocycles. The van der Waals surface area contributed by atoms with Crippen molar-refractivity contribution in [2.24, 2.45) is 5.41 Å². The Labute approximate surface area is 427 Å². The van der Waals surface area contributed by atoms with Crippen molar-refractivity contribution in [3.8, 4) is 0 Å². The molecule has 78 heavy (non-hydrogen) atoms. The van der Waals surface area contributed by atoms with E-state index in [1.54, 1.807) is 10.8 Å². The molecule has 26 aromatic carbocycles. The molecule has 0 saturated heterocycles. The molecule has 0 amide bonds. The average Bonchev–Trinajstić information content (AvgIpc) is 1.40. The summed E-state index contributed by atoms with van der Waals surface area (Å²) in [4.78, 5) is 33.4. The third-order valence-electron chi connectivity index (χ3n) is 27.3. The molecule has 33 rings (SSSR count). The van der Waals surface area contributed by atoms with Crippen LogP contribution in [0, 0.1) is 5.41 Å². The molecule has 5 unspecified atom stereocenters. The highest BCUT2D eigenvalue weighted by Gasteiger charge is 3.04. The Balaban J connectivity index is 1.09. The monoisotopic (exact) mass is 1000 g/mol. The van der Waals surface area contributed by atoms with E-state index in [4.69, 9.17) is 18.5 Å². The summed E-state index contributed by atoms with van der Waals surface area (Å²) in [6, 6.07) is 0. The normalized spacial score (nSPS) is 25.9. The van der Waals surface area contributed by atoms with Gasteiger partial charge in [0.25, 0.3) is 0 Å². The number of methoxy groups -OCH3 is 2. The fourth-order valence-electron chi connectivity index (χ4n) is 27.6. The Morgan fingerprint density at radius 2 is 0.551 bits per heavy atom. The van der Waals surface area contributed by atoms with E-state index in [1.807, 2.05) is 13.8 Å². The molecule has 1 saturated carbocycles. The second-order valence-electron chi connectivity index (χ2n) is 27.2. The lowest BCUT2D eigenvalue weighted by atomic mass is 9.60. The lowest BCUT2D eigenvalue weighted by molar-refractivity contribution is -0.155. The minimum Gasteiger partial charge on any atom is -0.469 e. The van der Waals surface area contributed by atoms with Gasteiger partial charge in [0.15, 0.2) is 5.66 Å². The van der Waals surface area contributed by atoms with Crippen LogP contribution >= 0.6 is 7.60 Å². The fourth-order valence-corrected chi connectivity index (χ4v) is 30.0. The van der Waals surface area contributed by atoms with Crippen molar-refractivity contribution < 1.29 is 32.7 Å². The summed E-state index contributed by atoms with van der Waals surface area (Å²) in [6.45, 7) is 3.69. The van der Waals surface area contributed by atoms with E-state index in [9.17, 15) is 0 Å². The lowest BCUT2D eigenvalue weighted by Gasteiger charge is -2.40. The van der Waals surface area contributed by atoms with E-state index in [0.29, 0.717) is 0 Å². The van der Waals surface area contributed by atoms with Gasteiger partial charge in [-0.25, -0.2) is 0 Å². The molecule has 0 aliphatic heterocycles. The van der Waals surface area contributed by atoms with Gasteiger partial charge in [0.1, 0.15) is 5.41 Å². The van der Waals surface area contributed by atoms with E-state index < -0.39 is 41.4 Å². The summed E-state index contributed by atoms with van der Waals surface area (Å²) in [5.74, 6) is -1.93. The topological polar surface area (TPSA) is 88.1 Å². The van der Waals surface area contributed by atoms with Crippen LogP contribution in [0.15, 0.2) is 0 Å². The van der Waals surface area contributed by atoms with Crippen LogP contribution in [0.3, 0.4) is 0 Å². The van der Waals surface area contributed by atoms with Crippen LogP contribution in [0.2, 0.25) is 0 Å². The zero-order valence-corrected chi connectivity index (χ0v) is 41.8. The molecular weight excluding hydrogens is 984 g/mol. The quantitative estimate of drug-likeness (QED) is 0.0851. The SMILES string of the molecule is CCOP(=O)(OCC)C(C(=O)OC)C1(C(=O)OC)C23c4c5c6c7c8c9c%10c%11c(c%12c%13c%14c%15c%16c(c4c4c%17c5c7c5c7c8c8c9c9c%11c%11c%12c%14c%12c%14c%15c%15c%16c4c4c%17c5c5c7c7c8c8c9c%11c%12c9c%14c%11c%15c4c5c%11c7c89)C%132)C13C6%10. The zero-order valence-electron chi connectivity index (χ0n) is 41.0. The van der Waals surface area contributed by atoms with Crippen molar-refractivity contribution in [1.82, 2.24) is 0 Å². The number of benzene rings is 16. The number of hydrogen-bond acceptors (Lipinski definition) is 7. The first-order valence-electron chi connectivity index (χ1n) is 28.5. The van der Waals surface area contributed by atoms with E-state index in [-0.39, 0.29) is 25.0 Å². The Morgan fingerprint density at radius 3 is 0.756 bits per heavy atom. The number of hydrogen-bond donors (Lipinski definition) is 0. The Bertz CT molecular complexity index is 7240. The highest BCUT2D eigenvalue weighted by Crippen LogP contribution is 3.02. The molecule has 0 heterocycles. The summed E-state index contributed by atoms with van der Waals surface area (Å²) in [6.07, 6.45) is 0. The maximum Gasteiger partial charge on any atom is 0.346 e.